The van der Waals surface area contributed by atoms with Crippen LogP contribution in [0, 0.1) is 5.82 Å². The molecular weight excluding hydrogens is 353 g/mol. The molecule has 1 N–H and O–H groups in total. The molecule has 3 heterocycles. The number of nitrogens with zero attached hydrogens (tertiary/aromatic N) is 4. The van der Waals surface area contributed by atoms with Crippen LogP contribution in [-0.2, 0) is 12.8 Å². The normalized spacial score (nSPS) is 12.1. The van der Waals surface area contributed by atoms with Crippen molar-refractivity contribution in [1.82, 2.24) is 25.1 Å². The first kappa shape index (κ1) is 18.0. The van der Waals surface area contributed by atoms with E-state index in [0.29, 0.717) is 6.42 Å². The van der Waals surface area contributed by atoms with Crippen molar-refractivity contribution in [2.45, 2.75) is 25.7 Å². The number of H-pyrrole nitrogens is 1. The van der Waals surface area contributed by atoms with Crippen molar-refractivity contribution in [2.24, 2.45) is 0 Å². The maximum Gasteiger partial charge on any atom is 0.123 e. The summed E-state index contributed by atoms with van der Waals surface area (Å²) in [4.78, 5) is 13.3. The van der Waals surface area contributed by atoms with Crippen LogP contribution < -0.4 is 0 Å². The Labute approximate surface area is 162 Å². The molecule has 0 saturated heterocycles. The van der Waals surface area contributed by atoms with E-state index in [1.165, 1.54) is 12.1 Å². The topological polar surface area (TPSA) is 67.3 Å². The van der Waals surface area contributed by atoms with E-state index in [4.69, 9.17) is 4.98 Å². The summed E-state index contributed by atoms with van der Waals surface area (Å²) in [7, 11) is 0. The van der Waals surface area contributed by atoms with Gasteiger partial charge < -0.3 is 0 Å². The lowest BCUT2D eigenvalue weighted by atomic mass is 9.94. The molecule has 0 saturated carbocycles. The molecule has 3 aromatic heterocycles. The Balaban J connectivity index is 1.64. The van der Waals surface area contributed by atoms with Gasteiger partial charge in [-0.2, -0.15) is 5.10 Å². The highest BCUT2D eigenvalue weighted by Crippen LogP contribution is 2.25. The second-order valence-electron chi connectivity index (χ2n) is 6.86. The van der Waals surface area contributed by atoms with Crippen molar-refractivity contribution in [3.05, 3.63) is 95.8 Å². The lowest BCUT2D eigenvalue weighted by Gasteiger charge is -2.14. The number of nitrogens with one attached hydrogen (secondary N) is 1. The molecule has 0 amide bonds. The van der Waals surface area contributed by atoms with Gasteiger partial charge in [0.25, 0.3) is 0 Å². The molecule has 1 aromatic carbocycles. The van der Waals surface area contributed by atoms with E-state index in [9.17, 15) is 4.39 Å². The van der Waals surface area contributed by atoms with E-state index < -0.39 is 0 Å². The number of halogens is 1. The summed E-state index contributed by atoms with van der Waals surface area (Å²) in [6, 6.07) is 10.8. The molecule has 0 aliphatic heterocycles. The van der Waals surface area contributed by atoms with Gasteiger partial charge in [0.1, 0.15) is 5.82 Å². The highest BCUT2D eigenvalue weighted by Gasteiger charge is 2.12. The molecule has 28 heavy (non-hydrogen) atoms. The minimum absolute atomic E-state index is 0.220. The zero-order valence-corrected chi connectivity index (χ0v) is 15.5. The quantitative estimate of drug-likeness (QED) is 0.546. The Bertz CT molecular complexity index is 1030. The van der Waals surface area contributed by atoms with Crippen LogP contribution in [-0.4, -0.2) is 25.1 Å². The number of aromatic nitrogens is 5. The van der Waals surface area contributed by atoms with Gasteiger partial charge in [0.15, 0.2) is 0 Å². The van der Waals surface area contributed by atoms with E-state index in [1.54, 1.807) is 24.8 Å². The summed E-state index contributed by atoms with van der Waals surface area (Å²) in [6.45, 7) is 2.13. The van der Waals surface area contributed by atoms with E-state index >= 15 is 0 Å². The van der Waals surface area contributed by atoms with Gasteiger partial charge >= 0.3 is 0 Å². The molecule has 140 valence electrons. The molecule has 6 heteroatoms. The SMILES string of the molecule is C[C@H](Cc1cc(-c2cn[nH]c2)cc(Cc2cnccn2)n1)c1ccc(F)cc1. The van der Waals surface area contributed by atoms with E-state index in [2.05, 4.69) is 39.2 Å². The fraction of sp³-hybridized carbons (Fsp3) is 0.182. The van der Waals surface area contributed by atoms with Gasteiger partial charge in [-0.05, 0) is 47.7 Å². The van der Waals surface area contributed by atoms with Crippen molar-refractivity contribution in [1.29, 1.82) is 0 Å². The average molecular weight is 373 g/mol. The van der Waals surface area contributed by atoms with Crippen LogP contribution in [0.1, 0.15) is 35.5 Å². The largest absolute Gasteiger partial charge is 0.285 e. The van der Waals surface area contributed by atoms with Gasteiger partial charge in [0.05, 0.1) is 11.9 Å². The molecule has 0 aliphatic rings. The predicted molar refractivity (Wildman–Crippen MR) is 105 cm³/mol. The first-order valence-electron chi connectivity index (χ1n) is 9.17. The number of aromatic amines is 1. The second kappa shape index (κ2) is 8.08. The van der Waals surface area contributed by atoms with Crippen LogP contribution in [0.25, 0.3) is 11.1 Å². The van der Waals surface area contributed by atoms with E-state index in [1.807, 2.05) is 18.3 Å². The Morgan fingerprint density at radius 3 is 2.50 bits per heavy atom. The fourth-order valence-corrected chi connectivity index (χ4v) is 3.25. The fourth-order valence-electron chi connectivity index (χ4n) is 3.25. The summed E-state index contributed by atoms with van der Waals surface area (Å²) in [5.41, 5.74) is 5.95. The Hall–Kier alpha value is -3.41. The van der Waals surface area contributed by atoms with Crippen LogP contribution in [0.3, 0.4) is 0 Å². The minimum atomic E-state index is -0.220. The van der Waals surface area contributed by atoms with Crippen molar-refractivity contribution >= 4 is 0 Å². The standard InChI is InChI=1S/C22H20FN5/c1-15(16-2-4-19(23)5-3-16)8-20-9-17(18-12-26-27-13-18)10-21(28-20)11-22-14-24-6-7-25-22/h2-7,9-10,12-15H,8,11H2,1H3,(H,26,27)/t15-/m1/s1. The van der Waals surface area contributed by atoms with Gasteiger partial charge in [0, 0.05) is 48.2 Å². The predicted octanol–water partition coefficient (Wildman–Crippen LogP) is 4.34. The number of pyridine rings is 1. The molecule has 0 fully saturated rings. The summed E-state index contributed by atoms with van der Waals surface area (Å²) >= 11 is 0. The molecule has 4 aromatic rings. The van der Waals surface area contributed by atoms with Crippen LogP contribution in [0.4, 0.5) is 4.39 Å². The number of hydrogen-bond donors (Lipinski definition) is 1. The smallest absolute Gasteiger partial charge is 0.123 e. The molecule has 0 aliphatic carbocycles. The second-order valence-corrected chi connectivity index (χ2v) is 6.86. The van der Waals surface area contributed by atoms with Crippen LogP contribution in [0.2, 0.25) is 0 Å². The summed E-state index contributed by atoms with van der Waals surface area (Å²) in [6.07, 6.45) is 10.1. The van der Waals surface area contributed by atoms with Gasteiger partial charge in [-0.15, -0.1) is 0 Å². The zero-order chi connectivity index (χ0) is 19.3. The third-order valence-electron chi connectivity index (χ3n) is 4.70. The first-order chi connectivity index (χ1) is 13.7. The molecule has 0 bridgehead atoms. The average Bonchev–Trinajstić information content (AvgIpc) is 3.24. The van der Waals surface area contributed by atoms with Crippen molar-refractivity contribution < 1.29 is 4.39 Å². The van der Waals surface area contributed by atoms with E-state index in [0.717, 1.165) is 40.2 Å². The van der Waals surface area contributed by atoms with E-state index in [-0.39, 0.29) is 11.7 Å². The van der Waals surface area contributed by atoms with Crippen LogP contribution >= 0.6 is 0 Å². The highest BCUT2D eigenvalue weighted by atomic mass is 19.1. The zero-order valence-electron chi connectivity index (χ0n) is 15.5. The van der Waals surface area contributed by atoms with Crippen molar-refractivity contribution in [3.8, 4) is 11.1 Å². The maximum atomic E-state index is 13.2. The third-order valence-corrected chi connectivity index (χ3v) is 4.70. The lowest BCUT2D eigenvalue weighted by Crippen LogP contribution is -2.04. The van der Waals surface area contributed by atoms with Crippen molar-refractivity contribution in [2.75, 3.05) is 0 Å². The van der Waals surface area contributed by atoms with Gasteiger partial charge in [-0.25, -0.2) is 4.39 Å². The molecule has 5 nitrogen and oxygen atoms in total. The number of benzene rings is 1. The summed E-state index contributed by atoms with van der Waals surface area (Å²) < 4.78 is 13.2. The maximum absolute atomic E-state index is 13.2. The Morgan fingerprint density at radius 1 is 0.964 bits per heavy atom. The summed E-state index contributed by atoms with van der Waals surface area (Å²) in [5.74, 6) is -0.000598. The minimum Gasteiger partial charge on any atom is -0.285 e. The molecule has 0 spiro atoms. The monoisotopic (exact) mass is 373 g/mol. The van der Waals surface area contributed by atoms with Crippen molar-refractivity contribution in [3.63, 3.8) is 0 Å². The highest BCUT2D eigenvalue weighted by molar-refractivity contribution is 5.62. The lowest BCUT2D eigenvalue weighted by molar-refractivity contribution is 0.625. The molecule has 0 radical (unpaired) electrons. The van der Waals surface area contributed by atoms with Gasteiger partial charge in [0.2, 0.25) is 0 Å². The molecule has 1 atom stereocenters. The molecule has 0 unspecified atom stereocenters. The van der Waals surface area contributed by atoms with Crippen LogP contribution in [0.15, 0.2) is 67.4 Å². The van der Waals surface area contributed by atoms with Crippen LogP contribution in [0.5, 0.6) is 0 Å². The molecular formula is C22H20FN5. The Kier molecular flexibility index (Phi) is 5.19. The summed E-state index contributed by atoms with van der Waals surface area (Å²) in [5, 5.41) is 6.92. The van der Waals surface area contributed by atoms with Gasteiger partial charge in [-0.1, -0.05) is 19.1 Å². The molecule has 4 rings (SSSR count). The van der Waals surface area contributed by atoms with Gasteiger partial charge in [-0.3, -0.25) is 20.1 Å². The first-order valence-corrected chi connectivity index (χ1v) is 9.17. The number of hydrogen-bond acceptors (Lipinski definition) is 4. The number of rotatable bonds is 6. The Morgan fingerprint density at radius 2 is 1.79 bits per heavy atom. The third kappa shape index (κ3) is 4.28.